The second kappa shape index (κ2) is 10.5. The van der Waals surface area contributed by atoms with Crippen molar-refractivity contribution in [3.05, 3.63) is 71.8 Å². The molecule has 4 rings (SSSR count). The Morgan fingerprint density at radius 2 is 1.69 bits per heavy atom. The molecule has 5 nitrogen and oxygen atoms in total. The van der Waals surface area contributed by atoms with Crippen molar-refractivity contribution in [3.8, 4) is 0 Å². The lowest BCUT2D eigenvalue weighted by Crippen LogP contribution is -2.56. The molecule has 1 saturated heterocycles. The van der Waals surface area contributed by atoms with E-state index in [4.69, 9.17) is 10.5 Å². The van der Waals surface area contributed by atoms with Crippen molar-refractivity contribution in [2.45, 2.75) is 50.1 Å². The van der Waals surface area contributed by atoms with Gasteiger partial charge in [0.15, 0.2) is 0 Å². The average Bonchev–Trinajstić information content (AvgIpc) is 3.28. The number of amides is 1. The van der Waals surface area contributed by atoms with E-state index in [0.717, 1.165) is 51.7 Å². The molecule has 2 aromatic carbocycles. The van der Waals surface area contributed by atoms with E-state index in [0.29, 0.717) is 18.4 Å². The first-order chi connectivity index (χ1) is 15.6. The molecule has 0 radical (unpaired) electrons. The minimum atomic E-state index is -0.363. The van der Waals surface area contributed by atoms with Gasteiger partial charge in [0.1, 0.15) is 0 Å². The van der Waals surface area contributed by atoms with Gasteiger partial charge in [0.25, 0.3) is 0 Å². The maximum Gasteiger partial charge on any atom is 0.406 e. The number of nitrogens with one attached hydrogen (secondary N) is 1. The molecule has 1 aliphatic carbocycles. The summed E-state index contributed by atoms with van der Waals surface area (Å²) < 4.78 is 4.95. The second-order valence-electron chi connectivity index (χ2n) is 9.49. The smallest absolute Gasteiger partial charge is 0.406 e. The molecule has 32 heavy (non-hydrogen) atoms. The lowest BCUT2D eigenvalue weighted by Gasteiger charge is -2.50. The van der Waals surface area contributed by atoms with Gasteiger partial charge in [0.05, 0.1) is 7.11 Å². The van der Waals surface area contributed by atoms with Crippen LogP contribution in [-0.4, -0.2) is 43.8 Å². The molecular formula is C27H37N3O2. The molecule has 1 unspecified atom stereocenters. The number of likely N-dealkylation sites (tertiary alicyclic amines) is 1. The fourth-order valence-corrected chi connectivity index (χ4v) is 6.25. The molecule has 0 spiro atoms. The first-order valence-electron chi connectivity index (χ1n) is 12.0. The van der Waals surface area contributed by atoms with Crippen LogP contribution in [0.3, 0.4) is 0 Å². The number of carbonyl (C=O) groups is 1. The normalized spacial score (nSPS) is 24.1. The maximum absolute atomic E-state index is 12.2. The summed E-state index contributed by atoms with van der Waals surface area (Å²) in [7, 11) is 1.43. The number of nitrogens with two attached hydrogens (primary N) is 1. The average molecular weight is 436 g/mol. The van der Waals surface area contributed by atoms with Gasteiger partial charge in [-0.15, -0.1) is 0 Å². The van der Waals surface area contributed by atoms with E-state index >= 15 is 0 Å². The predicted molar refractivity (Wildman–Crippen MR) is 128 cm³/mol. The highest BCUT2D eigenvalue weighted by Crippen LogP contribution is 2.49. The number of piperidine rings is 1. The number of benzene rings is 2. The number of alkyl carbamates (subject to hydrolysis) is 1. The first kappa shape index (κ1) is 22.8. The summed E-state index contributed by atoms with van der Waals surface area (Å²) in [5.74, 6) is 0.816. The number of carbonyl (C=O) groups excluding carboxylic acids is 1. The number of hydrogen-bond donors (Lipinski definition) is 2. The third kappa shape index (κ3) is 4.84. The summed E-state index contributed by atoms with van der Waals surface area (Å²) >= 11 is 0. The van der Waals surface area contributed by atoms with Gasteiger partial charge in [-0.25, -0.2) is 4.79 Å². The van der Waals surface area contributed by atoms with Gasteiger partial charge in [-0.1, -0.05) is 67.1 Å². The Hall–Kier alpha value is -2.37. The second-order valence-corrected chi connectivity index (χ2v) is 9.49. The van der Waals surface area contributed by atoms with E-state index in [1.54, 1.807) is 0 Å². The Balaban J connectivity index is 1.60. The third-order valence-electron chi connectivity index (χ3n) is 7.82. The van der Waals surface area contributed by atoms with Gasteiger partial charge in [-0.2, -0.15) is 0 Å². The van der Waals surface area contributed by atoms with Crippen LogP contribution in [0.2, 0.25) is 0 Å². The molecule has 2 fully saturated rings. The van der Waals surface area contributed by atoms with Gasteiger partial charge in [0.2, 0.25) is 0 Å². The fraction of sp³-hybridized carbons (Fsp3) is 0.519. The SMILES string of the molecule is COC(=O)NCC(c1ccccc1)(C1CCN(Cc2ccccc2)CC1)[C@H]1CCC[C@@H]1N. The summed E-state index contributed by atoms with van der Waals surface area (Å²) in [6, 6.07) is 21.7. The topological polar surface area (TPSA) is 67.6 Å². The zero-order valence-electron chi connectivity index (χ0n) is 19.2. The number of ether oxygens (including phenoxy) is 1. The highest BCUT2D eigenvalue weighted by molar-refractivity contribution is 5.67. The largest absolute Gasteiger partial charge is 0.453 e. The minimum Gasteiger partial charge on any atom is -0.453 e. The van der Waals surface area contributed by atoms with Gasteiger partial charge < -0.3 is 15.8 Å². The molecular weight excluding hydrogens is 398 g/mol. The molecule has 2 aliphatic rings. The van der Waals surface area contributed by atoms with Crippen molar-refractivity contribution in [1.82, 2.24) is 10.2 Å². The number of methoxy groups -OCH3 is 1. The van der Waals surface area contributed by atoms with Gasteiger partial charge in [0, 0.05) is 24.5 Å². The summed E-state index contributed by atoms with van der Waals surface area (Å²) in [4.78, 5) is 14.7. The number of nitrogens with zero attached hydrogens (tertiary/aromatic N) is 1. The lowest BCUT2D eigenvalue weighted by atomic mass is 9.58. The van der Waals surface area contributed by atoms with Crippen molar-refractivity contribution in [2.75, 3.05) is 26.7 Å². The number of rotatable bonds is 7. The van der Waals surface area contributed by atoms with Crippen LogP contribution in [-0.2, 0) is 16.7 Å². The predicted octanol–water partition coefficient (Wildman–Crippen LogP) is 4.32. The van der Waals surface area contributed by atoms with E-state index in [1.165, 1.54) is 18.2 Å². The Labute approximate surface area is 192 Å². The molecule has 2 aromatic rings. The molecule has 1 aliphatic heterocycles. The van der Waals surface area contributed by atoms with E-state index in [1.807, 2.05) is 0 Å². The van der Waals surface area contributed by atoms with Crippen LogP contribution in [0.4, 0.5) is 4.79 Å². The van der Waals surface area contributed by atoms with Gasteiger partial charge in [-0.3, -0.25) is 4.90 Å². The molecule has 1 heterocycles. The Morgan fingerprint density at radius 3 is 2.28 bits per heavy atom. The summed E-state index contributed by atoms with van der Waals surface area (Å²) in [5.41, 5.74) is 9.22. The van der Waals surface area contributed by atoms with Gasteiger partial charge in [-0.05, 0) is 61.7 Å². The molecule has 3 atom stereocenters. The fourth-order valence-electron chi connectivity index (χ4n) is 6.25. The monoisotopic (exact) mass is 435 g/mol. The van der Waals surface area contributed by atoms with Crippen molar-refractivity contribution >= 4 is 6.09 Å². The molecule has 0 aromatic heterocycles. The highest BCUT2D eigenvalue weighted by Gasteiger charge is 2.50. The maximum atomic E-state index is 12.2. The van der Waals surface area contributed by atoms with Gasteiger partial charge >= 0.3 is 6.09 Å². The van der Waals surface area contributed by atoms with Crippen LogP contribution in [0.25, 0.3) is 0 Å². The van der Waals surface area contributed by atoms with E-state index in [-0.39, 0.29) is 17.6 Å². The zero-order chi connectivity index (χ0) is 22.4. The number of hydrogen-bond acceptors (Lipinski definition) is 4. The standard InChI is InChI=1S/C27H37N3O2/c1-32-26(31)29-20-27(22-11-6-3-7-12-22,24-13-8-14-25(24)28)23-15-17-30(18-16-23)19-21-9-4-2-5-10-21/h2-7,9-12,23-25H,8,13-20,28H2,1H3,(H,29,31)/t24-,25-,27?/m0/s1. The van der Waals surface area contributed by atoms with Crippen molar-refractivity contribution in [1.29, 1.82) is 0 Å². The quantitative estimate of drug-likeness (QED) is 0.680. The van der Waals surface area contributed by atoms with Crippen LogP contribution in [0.5, 0.6) is 0 Å². The minimum absolute atomic E-state index is 0.164. The van der Waals surface area contributed by atoms with Crippen molar-refractivity contribution in [2.24, 2.45) is 17.6 Å². The Bertz CT molecular complexity index is 852. The Morgan fingerprint density at radius 1 is 1.03 bits per heavy atom. The molecule has 1 saturated carbocycles. The molecule has 5 heteroatoms. The highest BCUT2D eigenvalue weighted by atomic mass is 16.5. The van der Waals surface area contributed by atoms with Crippen molar-refractivity contribution in [3.63, 3.8) is 0 Å². The summed E-state index contributed by atoms with van der Waals surface area (Å²) in [5, 5.41) is 3.09. The summed E-state index contributed by atoms with van der Waals surface area (Å²) in [6.07, 6.45) is 5.18. The van der Waals surface area contributed by atoms with Crippen LogP contribution in [0.1, 0.15) is 43.2 Å². The first-order valence-corrected chi connectivity index (χ1v) is 12.0. The van der Waals surface area contributed by atoms with E-state index in [9.17, 15) is 4.79 Å². The molecule has 3 N–H and O–H groups in total. The van der Waals surface area contributed by atoms with Crippen LogP contribution < -0.4 is 11.1 Å². The third-order valence-corrected chi connectivity index (χ3v) is 7.82. The van der Waals surface area contributed by atoms with Crippen molar-refractivity contribution < 1.29 is 9.53 Å². The van der Waals surface area contributed by atoms with Crippen LogP contribution >= 0.6 is 0 Å². The van der Waals surface area contributed by atoms with Crippen LogP contribution in [0.15, 0.2) is 60.7 Å². The lowest BCUT2D eigenvalue weighted by molar-refractivity contribution is 0.0751. The van der Waals surface area contributed by atoms with Crippen LogP contribution in [0, 0.1) is 11.8 Å². The zero-order valence-corrected chi connectivity index (χ0v) is 19.2. The Kier molecular flexibility index (Phi) is 7.48. The van der Waals surface area contributed by atoms with E-state index < -0.39 is 0 Å². The molecule has 1 amide bonds. The molecule has 172 valence electrons. The molecule has 0 bridgehead atoms. The summed E-state index contributed by atoms with van der Waals surface area (Å²) in [6.45, 7) is 3.70. The van der Waals surface area contributed by atoms with E-state index in [2.05, 4.69) is 70.9 Å².